The third-order valence-corrected chi connectivity index (χ3v) is 4.98. The Labute approximate surface area is 135 Å². The zero-order valence-electron chi connectivity index (χ0n) is 12.9. The van der Waals surface area contributed by atoms with Crippen LogP contribution in [-0.4, -0.2) is 4.92 Å². The van der Waals surface area contributed by atoms with Gasteiger partial charge in [0.15, 0.2) is 0 Å². The second-order valence-electron chi connectivity index (χ2n) is 6.41. The number of non-ortho nitro benzene ring substituents is 1. The first kappa shape index (κ1) is 14.0. The molecule has 4 rings (SSSR count). The van der Waals surface area contributed by atoms with Gasteiger partial charge in [0.05, 0.1) is 11.0 Å². The molecule has 0 spiro atoms. The normalized spacial score (nSPS) is 24.7. The van der Waals surface area contributed by atoms with Crippen LogP contribution in [0, 0.1) is 23.0 Å². The van der Waals surface area contributed by atoms with Crippen molar-refractivity contribution in [2.45, 2.75) is 25.3 Å². The van der Waals surface area contributed by atoms with Gasteiger partial charge in [-0.05, 0) is 36.5 Å². The Morgan fingerprint density at radius 1 is 1.17 bits per heavy atom. The Morgan fingerprint density at radius 3 is 2.70 bits per heavy atom. The molecular weight excluding hydrogens is 288 g/mol. The lowest BCUT2D eigenvalue weighted by Gasteiger charge is -2.37. The maximum absolute atomic E-state index is 10.8. The maximum Gasteiger partial charge on any atom is 0.269 e. The highest BCUT2D eigenvalue weighted by Gasteiger charge is 2.37. The number of benzene rings is 2. The van der Waals surface area contributed by atoms with Crippen LogP contribution in [0.5, 0.6) is 0 Å². The largest absolute Gasteiger partial charge is 0.378 e. The van der Waals surface area contributed by atoms with Gasteiger partial charge >= 0.3 is 0 Å². The molecule has 4 nitrogen and oxygen atoms in total. The van der Waals surface area contributed by atoms with Crippen molar-refractivity contribution in [2.24, 2.45) is 5.92 Å². The van der Waals surface area contributed by atoms with Gasteiger partial charge in [0.25, 0.3) is 5.69 Å². The summed E-state index contributed by atoms with van der Waals surface area (Å²) in [4.78, 5) is 10.5. The van der Waals surface area contributed by atoms with Crippen LogP contribution in [-0.2, 0) is 0 Å². The fourth-order valence-electron chi connectivity index (χ4n) is 3.85. The molecule has 0 amide bonds. The number of allylic oxidation sites excluding steroid dienone is 2. The minimum absolute atomic E-state index is 0.140. The number of nitro groups is 1. The van der Waals surface area contributed by atoms with E-state index in [0.29, 0.717) is 11.8 Å². The van der Waals surface area contributed by atoms with Gasteiger partial charge in [0, 0.05) is 23.7 Å². The molecule has 3 atom stereocenters. The van der Waals surface area contributed by atoms with Gasteiger partial charge in [-0.1, -0.05) is 42.0 Å². The lowest BCUT2D eigenvalue weighted by Crippen LogP contribution is -2.29. The number of anilines is 1. The molecule has 2 aromatic rings. The molecule has 2 aromatic carbocycles. The summed E-state index contributed by atoms with van der Waals surface area (Å²) in [6.07, 6.45) is 5.60. The van der Waals surface area contributed by atoms with Crippen LogP contribution in [0.3, 0.4) is 0 Å². The van der Waals surface area contributed by atoms with Crippen molar-refractivity contribution >= 4 is 11.4 Å². The number of hydrogen-bond donors (Lipinski definition) is 1. The van der Waals surface area contributed by atoms with Crippen molar-refractivity contribution in [1.82, 2.24) is 0 Å². The van der Waals surface area contributed by atoms with Gasteiger partial charge in [-0.2, -0.15) is 0 Å². The van der Waals surface area contributed by atoms with Crippen molar-refractivity contribution < 1.29 is 4.92 Å². The number of rotatable bonds is 2. The van der Waals surface area contributed by atoms with Crippen molar-refractivity contribution in [1.29, 1.82) is 0 Å². The van der Waals surface area contributed by atoms with Crippen LogP contribution >= 0.6 is 0 Å². The van der Waals surface area contributed by atoms with E-state index in [0.717, 1.165) is 12.0 Å². The van der Waals surface area contributed by atoms with Crippen molar-refractivity contribution in [3.8, 4) is 0 Å². The molecule has 0 bridgehead atoms. The Morgan fingerprint density at radius 2 is 1.96 bits per heavy atom. The highest BCUT2D eigenvalue weighted by molar-refractivity contribution is 5.60. The molecule has 1 aliphatic heterocycles. The van der Waals surface area contributed by atoms with E-state index in [9.17, 15) is 10.1 Å². The molecule has 0 fully saturated rings. The van der Waals surface area contributed by atoms with Gasteiger partial charge in [0.2, 0.25) is 0 Å². The fraction of sp³-hybridized carbons (Fsp3) is 0.263. The summed E-state index contributed by atoms with van der Waals surface area (Å²) in [7, 11) is 0. The molecule has 0 aromatic heterocycles. The van der Waals surface area contributed by atoms with E-state index in [1.807, 2.05) is 12.1 Å². The summed E-state index contributed by atoms with van der Waals surface area (Å²) in [5.41, 5.74) is 5.06. The molecular formula is C19H18N2O2. The minimum atomic E-state index is -0.351. The van der Waals surface area contributed by atoms with Crippen LogP contribution in [0.1, 0.15) is 35.1 Å². The van der Waals surface area contributed by atoms with Crippen molar-refractivity contribution in [3.63, 3.8) is 0 Å². The summed E-state index contributed by atoms with van der Waals surface area (Å²) in [5.74, 6) is 0.886. The quantitative estimate of drug-likeness (QED) is 0.496. The van der Waals surface area contributed by atoms with Gasteiger partial charge < -0.3 is 5.32 Å². The molecule has 1 N–H and O–H groups in total. The predicted molar refractivity (Wildman–Crippen MR) is 90.6 cm³/mol. The van der Waals surface area contributed by atoms with E-state index in [-0.39, 0.29) is 16.7 Å². The Bertz CT molecular complexity index is 796. The van der Waals surface area contributed by atoms with E-state index in [4.69, 9.17) is 0 Å². The minimum Gasteiger partial charge on any atom is -0.378 e. The average Bonchev–Trinajstić information content (AvgIpc) is 3.04. The van der Waals surface area contributed by atoms with E-state index in [1.165, 1.54) is 16.8 Å². The number of nitrogens with zero attached hydrogens (tertiary/aromatic N) is 1. The van der Waals surface area contributed by atoms with Crippen molar-refractivity contribution in [2.75, 3.05) is 5.32 Å². The van der Waals surface area contributed by atoms with Gasteiger partial charge in [-0.25, -0.2) is 0 Å². The first-order valence-corrected chi connectivity index (χ1v) is 7.91. The van der Waals surface area contributed by atoms with E-state index in [1.54, 1.807) is 12.1 Å². The van der Waals surface area contributed by atoms with Gasteiger partial charge in [-0.3, -0.25) is 10.1 Å². The second-order valence-corrected chi connectivity index (χ2v) is 6.41. The van der Waals surface area contributed by atoms with Crippen LogP contribution in [0.2, 0.25) is 0 Å². The molecule has 4 heteroatoms. The van der Waals surface area contributed by atoms with E-state index in [2.05, 4.69) is 42.6 Å². The fourth-order valence-corrected chi connectivity index (χ4v) is 3.85. The Balaban J connectivity index is 1.73. The lowest BCUT2D eigenvalue weighted by atomic mass is 9.76. The summed E-state index contributed by atoms with van der Waals surface area (Å²) in [6.45, 7) is 2.12. The summed E-state index contributed by atoms with van der Waals surface area (Å²) < 4.78 is 0. The number of hydrogen-bond acceptors (Lipinski definition) is 3. The monoisotopic (exact) mass is 306 g/mol. The molecule has 0 unspecified atom stereocenters. The first-order valence-electron chi connectivity index (χ1n) is 7.91. The molecule has 1 aliphatic carbocycles. The summed E-state index contributed by atoms with van der Waals surface area (Å²) in [6, 6.07) is 13.7. The Hall–Kier alpha value is -2.62. The highest BCUT2D eigenvalue weighted by Crippen LogP contribution is 2.49. The van der Waals surface area contributed by atoms with Crippen LogP contribution < -0.4 is 5.32 Å². The Kier molecular flexibility index (Phi) is 3.18. The highest BCUT2D eigenvalue weighted by atomic mass is 16.6. The zero-order valence-corrected chi connectivity index (χ0v) is 12.9. The zero-order chi connectivity index (χ0) is 16.0. The topological polar surface area (TPSA) is 55.2 Å². The van der Waals surface area contributed by atoms with Crippen LogP contribution in [0.4, 0.5) is 11.4 Å². The van der Waals surface area contributed by atoms with Crippen molar-refractivity contribution in [3.05, 3.63) is 81.4 Å². The maximum atomic E-state index is 10.8. The predicted octanol–water partition coefficient (Wildman–Crippen LogP) is 4.73. The van der Waals surface area contributed by atoms with E-state index >= 15 is 0 Å². The average molecular weight is 306 g/mol. The molecule has 1 heterocycles. The molecule has 0 saturated heterocycles. The summed E-state index contributed by atoms with van der Waals surface area (Å²) >= 11 is 0. The number of nitro benzene ring substituents is 1. The SMILES string of the molecule is Cc1ccc2c(c1)[C@@H]1C=CC[C@H]1[C@@H](c1ccc([N+](=O)[O-])cc1)N2. The second kappa shape index (κ2) is 5.23. The smallest absolute Gasteiger partial charge is 0.269 e. The molecule has 0 radical (unpaired) electrons. The molecule has 23 heavy (non-hydrogen) atoms. The van der Waals surface area contributed by atoms with Gasteiger partial charge in [-0.15, -0.1) is 0 Å². The molecule has 116 valence electrons. The molecule has 0 saturated carbocycles. The molecule has 2 aliphatic rings. The number of fused-ring (bicyclic) bond motifs is 3. The van der Waals surface area contributed by atoms with E-state index < -0.39 is 0 Å². The number of nitrogens with one attached hydrogen (secondary N) is 1. The first-order chi connectivity index (χ1) is 11.1. The summed E-state index contributed by atoms with van der Waals surface area (Å²) in [5, 5.41) is 14.5. The third kappa shape index (κ3) is 2.31. The van der Waals surface area contributed by atoms with Gasteiger partial charge in [0.1, 0.15) is 0 Å². The standard InChI is InChI=1S/C19H18N2O2/c1-12-5-10-18-17(11-12)15-3-2-4-16(15)19(20-18)13-6-8-14(9-7-13)21(22)23/h2-3,5-11,15-16,19-20H,4H2,1H3/t15-,16-,19-/m1/s1. The number of aryl methyl sites for hydroxylation is 1. The third-order valence-electron chi connectivity index (χ3n) is 4.98. The van der Waals surface area contributed by atoms with Crippen LogP contribution in [0.25, 0.3) is 0 Å². The lowest BCUT2D eigenvalue weighted by molar-refractivity contribution is -0.384. The van der Waals surface area contributed by atoms with Crippen LogP contribution in [0.15, 0.2) is 54.6 Å².